The number of halogens is 1. The van der Waals surface area contributed by atoms with Crippen LogP contribution in [0, 0.1) is 0 Å². The molecule has 184 valence electrons. The zero-order valence-corrected chi connectivity index (χ0v) is 21.0. The minimum Gasteiger partial charge on any atom is -0.322 e. The van der Waals surface area contributed by atoms with Gasteiger partial charge in [-0.15, -0.1) is 0 Å². The van der Waals surface area contributed by atoms with Gasteiger partial charge in [-0.05, 0) is 55.3 Å². The fraction of sp³-hybridized carbons (Fsp3) is 0.185. The quantitative estimate of drug-likeness (QED) is 0.357. The Labute approximate surface area is 215 Å². The van der Waals surface area contributed by atoms with Gasteiger partial charge in [0, 0.05) is 35.6 Å². The fourth-order valence-electron chi connectivity index (χ4n) is 4.26. The van der Waals surface area contributed by atoms with E-state index in [0.29, 0.717) is 35.1 Å². The van der Waals surface area contributed by atoms with Crippen molar-refractivity contribution in [2.24, 2.45) is 0 Å². The molecule has 2 heterocycles. The number of anilines is 1. The molecule has 4 aromatic rings. The van der Waals surface area contributed by atoms with Gasteiger partial charge in [0.2, 0.25) is 10.0 Å². The number of hydrogen-bond donors (Lipinski definition) is 1. The normalized spacial score (nSPS) is 14.5. The van der Waals surface area contributed by atoms with E-state index in [2.05, 4.69) is 10.4 Å². The van der Waals surface area contributed by atoms with Gasteiger partial charge in [-0.3, -0.25) is 4.79 Å². The average molecular weight is 521 g/mol. The predicted molar refractivity (Wildman–Crippen MR) is 141 cm³/mol. The number of piperidine rings is 1. The summed E-state index contributed by atoms with van der Waals surface area (Å²) in [5, 5.41) is 8.11. The minimum atomic E-state index is -3.62. The molecule has 1 saturated heterocycles. The Balaban J connectivity index is 1.47. The standard InChI is InChI=1S/C27H25ClN4O3S/c28-21-14-12-20(13-15-21)26-25(19-32(30-26)23-9-3-1-4-10-23)27(33)29-22-8-7-11-24(18-22)36(34,35)31-16-5-2-6-17-31/h1,3-4,7-15,18-19H,2,5-6,16-17H2,(H,29,33). The van der Waals surface area contributed by atoms with Crippen LogP contribution < -0.4 is 5.32 Å². The number of rotatable bonds is 6. The Morgan fingerprint density at radius 2 is 1.61 bits per heavy atom. The SMILES string of the molecule is O=C(Nc1cccc(S(=O)(=O)N2CCCCC2)c1)c1cn(-c2ccccc2)nc1-c1ccc(Cl)cc1. The van der Waals surface area contributed by atoms with Crippen LogP contribution in [0.4, 0.5) is 5.69 Å². The van der Waals surface area contributed by atoms with Gasteiger partial charge in [-0.2, -0.15) is 9.40 Å². The van der Waals surface area contributed by atoms with Crippen LogP contribution >= 0.6 is 11.6 Å². The number of sulfonamides is 1. The zero-order chi connectivity index (χ0) is 25.1. The van der Waals surface area contributed by atoms with Gasteiger partial charge < -0.3 is 5.32 Å². The Morgan fingerprint density at radius 3 is 2.33 bits per heavy atom. The highest BCUT2D eigenvalue weighted by molar-refractivity contribution is 7.89. The van der Waals surface area contributed by atoms with Crippen molar-refractivity contribution in [3.05, 3.63) is 95.6 Å². The van der Waals surface area contributed by atoms with Crippen LogP contribution in [0.1, 0.15) is 29.6 Å². The Bertz CT molecular complexity index is 1480. The Hall–Kier alpha value is -3.46. The smallest absolute Gasteiger partial charge is 0.259 e. The molecule has 0 bridgehead atoms. The van der Waals surface area contributed by atoms with Crippen LogP contribution in [-0.4, -0.2) is 41.5 Å². The van der Waals surface area contributed by atoms with Crippen LogP contribution in [0.2, 0.25) is 5.02 Å². The summed E-state index contributed by atoms with van der Waals surface area (Å²) in [7, 11) is -3.62. The minimum absolute atomic E-state index is 0.167. The maximum atomic E-state index is 13.4. The molecule has 7 nitrogen and oxygen atoms in total. The maximum Gasteiger partial charge on any atom is 0.259 e. The molecule has 1 aromatic heterocycles. The van der Waals surface area contributed by atoms with Crippen LogP contribution in [0.5, 0.6) is 0 Å². The Kier molecular flexibility index (Phi) is 6.91. The number of aromatic nitrogens is 2. The van der Waals surface area contributed by atoms with Gasteiger partial charge in [0.1, 0.15) is 5.69 Å². The third kappa shape index (κ3) is 5.06. The molecule has 0 spiro atoms. The largest absolute Gasteiger partial charge is 0.322 e. The third-order valence-electron chi connectivity index (χ3n) is 6.14. The molecule has 36 heavy (non-hydrogen) atoms. The number of para-hydroxylation sites is 1. The van der Waals surface area contributed by atoms with Gasteiger partial charge in [0.15, 0.2) is 0 Å². The van der Waals surface area contributed by atoms with Gasteiger partial charge in [-0.1, -0.05) is 54.4 Å². The number of benzene rings is 3. The van der Waals surface area contributed by atoms with Crippen LogP contribution in [0.3, 0.4) is 0 Å². The highest BCUT2D eigenvalue weighted by Crippen LogP contribution is 2.27. The van der Waals surface area contributed by atoms with Crippen molar-refractivity contribution in [2.45, 2.75) is 24.2 Å². The molecule has 0 radical (unpaired) electrons. The van der Waals surface area contributed by atoms with Gasteiger partial charge in [-0.25, -0.2) is 13.1 Å². The third-order valence-corrected chi connectivity index (χ3v) is 8.29. The second-order valence-corrected chi connectivity index (χ2v) is 11.0. The van der Waals surface area contributed by atoms with Crippen molar-refractivity contribution < 1.29 is 13.2 Å². The molecular formula is C27H25ClN4O3S. The summed E-state index contributed by atoms with van der Waals surface area (Å²) in [4.78, 5) is 13.6. The summed E-state index contributed by atoms with van der Waals surface area (Å²) < 4.78 is 29.4. The second kappa shape index (κ2) is 10.3. The monoisotopic (exact) mass is 520 g/mol. The van der Waals surface area contributed by atoms with E-state index in [1.807, 2.05) is 42.5 Å². The summed E-state index contributed by atoms with van der Waals surface area (Å²) in [5.74, 6) is -0.394. The molecule has 0 saturated carbocycles. The fourth-order valence-corrected chi connectivity index (χ4v) is 5.95. The van der Waals surface area contributed by atoms with Crippen LogP contribution in [0.15, 0.2) is 90.0 Å². The molecule has 0 atom stereocenters. The lowest BCUT2D eigenvalue weighted by Gasteiger charge is -2.26. The number of hydrogen-bond acceptors (Lipinski definition) is 4. The molecule has 5 rings (SSSR count). The van der Waals surface area contributed by atoms with E-state index in [1.165, 1.54) is 10.4 Å². The molecule has 1 N–H and O–H groups in total. The molecule has 1 aliphatic rings. The van der Waals surface area contributed by atoms with Gasteiger partial charge in [0.05, 0.1) is 16.1 Å². The van der Waals surface area contributed by atoms with Crippen molar-refractivity contribution in [1.29, 1.82) is 0 Å². The molecule has 9 heteroatoms. The van der Waals surface area contributed by atoms with Crippen LogP contribution in [0.25, 0.3) is 16.9 Å². The molecule has 3 aromatic carbocycles. The van der Waals surface area contributed by atoms with Gasteiger partial charge in [0.25, 0.3) is 5.91 Å². The predicted octanol–water partition coefficient (Wildman–Crippen LogP) is 5.62. The van der Waals surface area contributed by atoms with E-state index in [1.54, 1.807) is 41.2 Å². The van der Waals surface area contributed by atoms with E-state index in [4.69, 9.17) is 11.6 Å². The topological polar surface area (TPSA) is 84.3 Å². The van der Waals surface area contributed by atoms with Crippen molar-refractivity contribution in [1.82, 2.24) is 14.1 Å². The van der Waals surface area contributed by atoms with E-state index >= 15 is 0 Å². The highest BCUT2D eigenvalue weighted by atomic mass is 35.5. The summed E-state index contributed by atoms with van der Waals surface area (Å²) in [6.45, 7) is 1.03. The number of nitrogens with zero attached hydrogens (tertiary/aromatic N) is 3. The summed E-state index contributed by atoms with van der Waals surface area (Å²) in [5.41, 5.74) is 2.78. The van der Waals surface area contributed by atoms with Crippen LogP contribution in [-0.2, 0) is 10.0 Å². The summed E-state index contributed by atoms with van der Waals surface area (Å²) >= 11 is 6.06. The van der Waals surface area contributed by atoms with Crippen molar-refractivity contribution >= 4 is 33.2 Å². The first-order valence-electron chi connectivity index (χ1n) is 11.7. The van der Waals surface area contributed by atoms with E-state index in [-0.39, 0.29) is 4.90 Å². The van der Waals surface area contributed by atoms with Gasteiger partial charge >= 0.3 is 0 Å². The second-order valence-electron chi connectivity index (χ2n) is 8.63. The molecular weight excluding hydrogens is 496 g/mol. The number of carbonyl (C=O) groups excluding carboxylic acids is 1. The van der Waals surface area contributed by atoms with E-state index in [9.17, 15) is 13.2 Å². The van der Waals surface area contributed by atoms with Crippen molar-refractivity contribution in [3.63, 3.8) is 0 Å². The first kappa shape index (κ1) is 24.2. The maximum absolute atomic E-state index is 13.4. The van der Waals surface area contributed by atoms with Crippen molar-refractivity contribution in [2.75, 3.05) is 18.4 Å². The molecule has 1 fully saturated rings. The first-order chi connectivity index (χ1) is 17.4. The van der Waals surface area contributed by atoms with Crippen molar-refractivity contribution in [3.8, 4) is 16.9 Å². The number of amides is 1. The lowest BCUT2D eigenvalue weighted by molar-refractivity contribution is 0.102. The molecule has 1 aliphatic heterocycles. The number of nitrogens with one attached hydrogen (secondary N) is 1. The summed E-state index contributed by atoms with van der Waals surface area (Å²) in [6, 6.07) is 23.0. The molecule has 0 aliphatic carbocycles. The highest BCUT2D eigenvalue weighted by Gasteiger charge is 2.26. The lowest BCUT2D eigenvalue weighted by atomic mass is 10.1. The average Bonchev–Trinajstić information content (AvgIpc) is 3.36. The Morgan fingerprint density at radius 1 is 0.889 bits per heavy atom. The van der Waals surface area contributed by atoms with E-state index < -0.39 is 15.9 Å². The lowest BCUT2D eigenvalue weighted by Crippen LogP contribution is -2.35. The van der Waals surface area contributed by atoms with E-state index in [0.717, 1.165) is 30.5 Å². The summed E-state index contributed by atoms with van der Waals surface area (Å²) in [6.07, 6.45) is 4.42. The molecule has 1 amide bonds. The number of carbonyl (C=O) groups is 1. The first-order valence-corrected chi connectivity index (χ1v) is 13.6. The molecule has 0 unspecified atom stereocenters. The zero-order valence-electron chi connectivity index (χ0n) is 19.5.